The van der Waals surface area contributed by atoms with Gasteiger partial charge in [0.1, 0.15) is 5.75 Å². The van der Waals surface area contributed by atoms with Gasteiger partial charge in [-0.05, 0) is 24.8 Å². The molecule has 2 atom stereocenters. The predicted octanol–water partition coefficient (Wildman–Crippen LogP) is 4.00. The van der Waals surface area contributed by atoms with Gasteiger partial charge >= 0.3 is 0 Å². The lowest BCUT2D eigenvalue weighted by atomic mass is 9.97. The summed E-state index contributed by atoms with van der Waals surface area (Å²) in [4.78, 5) is 0. The van der Waals surface area contributed by atoms with Crippen LogP contribution in [0, 0.1) is 5.92 Å². The Hall–Kier alpha value is -1.02. The summed E-state index contributed by atoms with van der Waals surface area (Å²) in [6.07, 6.45) is 3.69. The lowest BCUT2D eigenvalue weighted by Gasteiger charge is -2.21. The Labute approximate surface area is 112 Å². The Morgan fingerprint density at radius 1 is 1.17 bits per heavy atom. The zero-order valence-electron chi connectivity index (χ0n) is 12.2. The molecule has 0 aromatic heterocycles. The summed E-state index contributed by atoms with van der Waals surface area (Å²) in [6, 6.07) is 8.83. The zero-order chi connectivity index (χ0) is 13.4. The minimum atomic E-state index is 0.602. The number of rotatable bonds is 8. The molecule has 102 valence electrons. The molecule has 0 aliphatic rings. The van der Waals surface area contributed by atoms with Crippen LogP contribution >= 0.6 is 0 Å². The van der Waals surface area contributed by atoms with Gasteiger partial charge in [-0.1, -0.05) is 45.4 Å². The summed E-state index contributed by atoms with van der Waals surface area (Å²) >= 11 is 0. The van der Waals surface area contributed by atoms with E-state index in [1.165, 1.54) is 24.8 Å². The van der Waals surface area contributed by atoms with Crippen molar-refractivity contribution < 1.29 is 4.74 Å². The van der Waals surface area contributed by atoms with E-state index in [4.69, 9.17) is 4.74 Å². The summed E-state index contributed by atoms with van der Waals surface area (Å²) in [6.45, 7) is 7.73. The van der Waals surface area contributed by atoms with Crippen molar-refractivity contribution >= 4 is 0 Å². The van der Waals surface area contributed by atoms with E-state index in [9.17, 15) is 0 Å². The van der Waals surface area contributed by atoms with Crippen molar-refractivity contribution in [1.29, 1.82) is 0 Å². The lowest BCUT2D eigenvalue weighted by Crippen LogP contribution is -2.29. The largest absolute Gasteiger partial charge is 0.496 e. The third-order valence-electron chi connectivity index (χ3n) is 3.65. The molecule has 2 heteroatoms. The molecule has 0 amide bonds. The molecular weight excluding hydrogens is 222 g/mol. The third-order valence-corrected chi connectivity index (χ3v) is 3.65. The van der Waals surface area contributed by atoms with Gasteiger partial charge in [-0.15, -0.1) is 0 Å². The highest BCUT2D eigenvalue weighted by Crippen LogP contribution is 2.18. The van der Waals surface area contributed by atoms with Gasteiger partial charge in [-0.25, -0.2) is 0 Å². The minimum Gasteiger partial charge on any atom is -0.496 e. The molecule has 0 spiro atoms. The highest BCUT2D eigenvalue weighted by atomic mass is 16.5. The predicted molar refractivity (Wildman–Crippen MR) is 78.0 cm³/mol. The molecule has 0 saturated carbocycles. The van der Waals surface area contributed by atoms with E-state index in [0.29, 0.717) is 6.04 Å². The van der Waals surface area contributed by atoms with Crippen molar-refractivity contribution in [2.24, 2.45) is 5.92 Å². The third kappa shape index (κ3) is 4.69. The van der Waals surface area contributed by atoms with Crippen LogP contribution in [0.25, 0.3) is 0 Å². The smallest absolute Gasteiger partial charge is 0.123 e. The second-order valence-electron chi connectivity index (χ2n) is 5.05. The second-order valence-corrected chi connectivity index (χ2v) is 5.05. The summed E-state index contributed by atoms with van der Waals surface area (Å²) < 4.78 is 5.37. The number of methoxy groups -OCH3 is 1. The molecule has 1 rings (SSSR count). The van der Waals surface area contributed by atoms with Crippen LogP contribution in [-0.4, -0.2) is 13.2 Å². The number of ether oxygens (including phenoxy) is 1. The van der Waals surface area contributed by atoms with Crippen LogP contribution in [0.4, 0.5) is 0 Å². The van der Waals surface area contributed by atoms with Crippen LogP contribution in [0.2, 0.25) is 0 Å². The van der Waals surface area contributed by atoms with Gasteiger partial charge < -0.3 is 10.1 Å². The van der Waals surface area contributed by atoms with Gasteiger partial charge in [0, 0.05) is 18.2 Å². The fourth-order valence-electron chi connectivity index (χ4n) is 2.15. The topological polar surface area (TPSA) is 21.3 Å². The monoisotopic (exact) mass is 249 g/mol. The standard InChI is InChI=1S/C16H27NO/c1-5-13(3)11-15(6-2)17-12-14-9-7-8-10-16(14)18-4/h7-10,13,15,17H,5-6,11-12H2,1-4H3. The normalized spacial score (nSPS) is 14.2. The first kappa shape index (κ1) is 15.0. The average molecular weight is 249 g/mol. The molecular formula is C16H27NO. The number of para-hydroxylation sites is 1. The molecule has 0 saturated heterocycles. The van der Waals surface area contributed by atoms with E-state index < -0.39 is 0 Å². The van der Waals surface area contributed by atoms with Gasteiger partial charge in [-0.2, -0.15) is 0 Å². The first-order valence-electron chi connectivity index (χ1n) is 7.06. The number of hydrogen-bond acceptors (Lipinski definition) is 2. The van der Waals surface area contributed by atoms with E-state index in [2.05, 4.69) is 38.2 Å². The molecule has 1 N–H and O–H groups in total. The highest BCUT2D eigenvalue weighted by Gasteiger charge is 2.10. The maximum atomic E-state index is 5.37. The van der Waals surface area contributed by atoms with E-state index in [0.717, 1.165) is 18.2 Å². The first-order chi connectivity index (χ1) is 8.71. The second kappa shape index (κ2) is 8.15. The fourth-order valence-corrected chi connectivity index (χ4v) is 2.15. The van der Waals surface area contributed by atoms with Gasteiger partial charge in [0.15, 0.2) is 0 Å². The molecule has 0 bridgehead atoms. The zero-order valence-corrected chi connectivity index (χ0v) is 12.2. The molecule has 1 aromatic rings. The van der Waals surface area contributed by atoms with Crippen LogP contribution in [0.15, 0.2) is 24.3 Å². The summed E-state index contributed by atoms with van der Waals surface area (Å²) in [5, 5.41) is 3.65. The Balaban J connectivity index is 2.51. The fraction of sp³-hybridized carbons (Fsp3) is 0.625. The van der Waals surface area contributed by atoms with Crippen molar-refractivity contribution in [1.82, 2.24) is 5.32 Å². The molecule has 0 aliphatic carbocycles. The first-order valence-corrected chi connectivity index (χ1v) is 7.06. The maximum Gasteiger partial charge on any atom is 0.123 e. The van der Waals surface area contributed by atoms with Crippen molar-refractivity contribution in [2.75, 3.05) is 7.11 Å². The molecule has 0 aliphatic heterocycles. The molecule has 2 nitrogen and oxygen atoms in total. The average Bonchev–Trinajstić information content (AvgIpc) is 2.43. The molecule has 1 aromatic carbocycles. The molecule has 0 heterocycles. The highest BCUT2D eigenvalue weighted by molar-refractivity contribution is 5.33. The lowest BCUT2D eigenvalue weighted by molar-refractivity contribution is 0.375. The van der Waals surface area contributed by atoms with Gasteiger partial charge in [-0.3, -0.25) is 0 Å². The summed E-state index contributed by atoms with van der Waals surface area (Å²) in [5.74, 6) is 1.77. The maximum absolute atomic E-state index is 5.37. The van der Waals surface area contributed by atoms with Crippen molar-refractivity contribution in [3.05, 3.63) is 29.8 Å². The van der Waals surface area contributed by atoms with Gasteiger partial charge in [0.2, 0.25) is 0 Å². The van der Waals surface area contributed by atoms with Crippen LogP contribution < -0.4 is 10.1 Å². The van der Waals surface area contributed by atoms with E-state index in [-0.39, 0.29) is 0 Å². The molecule has 18 heavy (non-hydrogen) atoms. The van der Waals surface area contributed by atoms with E-state index in [1.54, 1.807) is 7.11 Å². The Kier molecular flexibility index (Phi) is 6.81. The van der Waals surface area contributed by atoms with E-state index in [1.807, 2.05) is 12.1 Å². The Morgan fingerprint density at radius 3 is 2.50 bits per heavy atom. The minimum absolute atomic E-state index is 0.602. The van der Waals surface area contributed by atoms with Crippen molar-refractivity contribution in [3.63, 3.8) is 0 Å². The van der Waals surface area contributed by atoms with Crippen LogP contribution in [0.5, 0.6) is 5.75 Å². The van der Waals surface area contributed by atoms with Crippen LogP contribution in [-0.2, 0) is 6.54 Å². The van der Waals surface area contributed by atoms with E-state index >= 15 is 0 Å². The Bertz CT molecular complexity index is 338. The summed E-state index contributed by atoms with van der Waals surface area (Å²) in [5.41, 5.74) is 1.24. The summed E-state index contributed by atoms with van der Waals surface area (Å²) in [7, 11) is 1.73. The van der Waals surface area contributed by atoms with Crippen LogP contribution in [0.3, 0.4) is 0 Å². The van der Waals surface area contributed by atoms with Crippen LogP contribution in [0.1, 0.15) is 45.6 Å². The number of nitrogens with one attached hydrogen (secondary N) is 1. The SMILES string of the molecule is CCC(C)CC(CC)NCc1ccccc1OC. The van der Waals surface area contributed by atoms with Crippen molar-refractivity contribution in [2.45, 2.75) is 52.6 Å². The molecule has 2 unspecified atom stereocenters. The Morgan fingerprint density at radius 2 is 1.89 bits per heavy atom. The number of benzene rings is 1. The van der Waals surface area contributed by atoms with Gasteiger partial charge in [0.25, 0.3) is 0 Å². The number of hydrogen-bond donors (Lipinski definition) is 1. The quantitative estimate of drug-likeness (QED) is 0.752. The molecule has 0 fully saturated rings. The van der Waals surface area contributed by atoms with Crippen molar-refractivity contribution in [3.8, 4) is 5.75 Å². The van der Waals surface area contributed by atoms with Gasteiger partial charge in [0.05, 0.1) is 7.11 Å². The molecule has 0 radical (unpaired) electrons.